The summed E-state index contributed by atoms with van der Waals surface area (Å²) in [6.45, 7) is 10.9. The van der Waals surface area contributed by atoms with Crippen LogP contribution in [0.2, 0.25) is 0 Å². The number of H-pyrrole nitrogens is 1. The van der Waals surface area contributed by atoms with Crippen LogP contribution in [0.15, 0.2) is 0 Å². The van der Waals surface area contributed by atoms with Crippen LogP contribution < -0.4 is 5.32 Å². The Morgan fingerprint density at radius 2 is 1.74 bits per heavy atom. The van der Waals surface area contributed by atoms with Gasteiger partial charge >= 0.3 is 5.97 Å². The van der Waals surface area contributed by atoms with E-state index in [1.807, 2.05) is 13.8 Å². The van der Waals surface area contributed by atoms with Crippen molar-refractivity contribution in [2.75, 3.05) is 0 Å². The lowest BCUT2D eigenvalue weighted by Gasteiger charge is -2.09. The van der Waals surface area contributed by atoms with Gasteiger partial charge in [-0.25, -0.2) is 4.79 Å². The summed E-state index contributed by atoms with van der Waals surface area (Å²) in [4.78, 5) is 26.9. The lowest BCUT2D eigenvalue weighted by molar-refractivity contribution is 0.0376. The van der Waals surface area contributed by atoms with E-state index in [9.17, 15) is 9.59 Å². The molecule has 5 heteroatoms. The second-order valence-corrected chi connectivity index (χ2v) is 5.21. The predicted molar refractivity (Wildman–Crippen MR) is 73.4 cm³/mol. The van der Waals surface area contributed by atoms with Crippen LogP contribution in [0.25, 0.3) is 0 Å². The SMILES string of the molecule is Cc1[nH]c(C(=O)NC(C)C)c(C)c1C(=O)OC(C)C. The molecule has 0 unspecified atom stereocenters. The van der Waals surface area contributed by atoms with Crippen LogP contribution in [-0.4, -0.2) is 29.0 Å². The second kappa shape index (κ2) is 5.91. The number of hydrogen-bond acceptors (Lipinski definition) is 3. The van der Waals surface area contributed by atoms with Crippen molar-refractivity contribution in [2.24, 2.45) is 0 Å². The highest BCUT2D eigenvalue weighted by Gasteiger charge is 2.23. The number of carbonyl (C=O) groups excluding carboxylic acids is 2. The maximum Gasteiger partial charge on any atom is 0.340 e. The van der Waals surface area contributed by atoms with E-state index >= 15 is 0 Å². The fraction of sp³-hybridized carbons (Fsp3) is 0.571. The quantitative estimate of drug-likeness (QED) is 0.822. The average Bonchev–Trinajstić information content (AvgIpc) is 2.52. The van der Waals surface area contributed by atoms with Crippen molar-refractivity contribution in [3.05, 3.63) is 22.5 Å². The van der Waals surface area contributed by atoms with Crippen LogP contribution in [0.1, 0.15) is 59.8 Å². The molecule has 0 saturated heterocycles. The molecule has 1 amide bonds. The standard InChI is InChI=1S/C14H22N2O3/c1-7(2)15-13(17)12-9(5)11(10(6)16-12)14(18)19-8(3)4/h7-8,16H,1-6H3,(H,15,17). The largest absolute Gasteiger partial charge is 0.459 e. The molecular formula is C14H22N2O3. The van der Waals surface area contributed by atoms with E-state index in [1.54, 1.807) is 27.7 Å². The van der Waals surface area contributed by atoms with Crippen LogP contribution in [0.5, 0.6) is 0 Å². The molecule has 5 nitrogen and oxygen atoms in total. The number of amides is 1. The number of aryl methyl sites for hydroxylation is 1. The van der Waals surface area contributed by atoms with Gasteiger partial charge in [0, 0.05) is 11.7 Å². The normalized spacial score (nSPS) is 10.9. The maximum atomic E-state index is 12.0. The highest BCUT2D eigenvalue weighted by molar-refractivity contribution is 6.00. The summed E-state index contributed by atoms with van der Waals surface area (Å²) < 4.78 is 5.18. The zero-order chi connectivity index (χ0) is 14.7. The zero-order valence-corrected chi connectivity index (χ0v) is 12.4. The van der Waals surface area contributed by atoms with Gasteiger partial charge in [-0.2, -0.15) is 0 Å². The first-order valence-corrected chi connectivity index (χ1v) is 6.45. The van der Waals surface area contributed by atoms with E-state index < -0.39 is 5.97 Å². The number of carbonyl (C=O) groups is 2. The Morgan fingerprint density at radius 1 is 1.16 bits per heavy atom. The molecule has 0 aliphatic heterocycles. The Kier molecular flexibility index (Phi) is 4.75. The Morgan fingerprint density at radius 3 is 2.21 bits per heavy atom. The number of esters is 1. The molecule has 0 atom stereocenters. The molecule has 1 aromatic rings. The molecule has 0 aromatic carbocycles. The molecule has 2 N–H and O–H groups in total. The summed E-state index contributed by atoms with van der Waals surface area (Å²) in [5.74, 6) is -0.607. The van der Waals surface area contributed by atoms with Crippen molar-refractivity contribution in [2.45, 2.75) is 53.7 Å². The summed E-state index contributed by atoms with van der Waals surface area (Å²) in [6.07, 6.45) is -0.186. The minimum absolute atomic E-state index is 0.0431. The lowest BCUT2D eigenvalue weighted by Crippen LogP contribution is -2.30. The lowest BCUT2D eigenvalue weighted by atomic mass is 10.1. The third-order valence-electron chi connectivity index (χ3n) is 2.63. The third kappa shape index (κ3) is 3.59. The number of aromatic nitrogens is 1. The molecule has 1 rings (SSSR count). The summed E-state index contributed by atoms with van der Waals surface area (Å²) in [7, 11) is 0. The number of ether oxygens (including phenoxy) is 1. The predicted octanol–water partition coefficient (Wildman–Crippen LogP) is 2.33. The van der Waals surface area contributed by atoms with Crippen LogP contribution in [0.4, 0.5) is 0 Å². The third-order valence-corrected chi connectivity index (χ3v) is 2.63. The molecule has 0 radical (unpaired) electrons. The van der Waals surface area contributed by atoms with Crippen molar-refractivity contribution in [1.29, 1.82) is 0 Å². The highest BCUT2D eigenvalue weighted by Crippen LogP contribution is 2.19. The van der Waals surface area contributed by atoms with Crippen LogP contribution >= 0.6 is 0 Å². The van der Waals surface area contributed by atoms with Gasteiger partial charge in [0.2, 0.25) is 0 Å². The van der Waals surface area contributed by atoms with Gasteiger partial charge < -0.3 is 15.0 Å². The topological polar surface area (TPSA) is 71.2 Å². The first kappa shape index (κ1) is 15.3. The van der Waals surface area contributed by atoms with Crippen molar-refractivity contribution in [3.63, 3.8) is 0 Å². The van der Waals surface area contributed by atoms with Gasteiger partial charge in [-0.3, -0.25) is 4.79 Å². The van der Waals surface area contributed by atoms with Crippen molar-refractivity contribution in [3.8, 4) is 0 Å². The average molecular weight is 266 g/mol. The molecule has 0 aliphatic rings. The first-order valence-electron chi connectivity index (χ1n) is 6.45. The van der Waals surface area contributed by atoms with Gasteiger partial charge in [0.15, 0.2) is 0 Å². The fourth-order valence-corrected chi connectivity index (χ4v) is 1.89. The minimum atomic E-state index is -0.398. The van der Waals surface area contributed by atoms with E-state index in [2.05, 4.69) is 10.3 Å². The molecule has 0 spiro atoms. The number of hydrogen-bond donors (Lipinski definition) is 2. The molecule has 0 bridgehead atoms. The minimum Gasteiger partial charge on any atom is -0.459 e. The zero-order valence-electron chi connectivity index (χ0n) is 12.4. The molecule has 1 aromatic heterocycles. The molecule has 0 saturated carbocycles. The Labute approximate surface area is 113 Å². The van der Waals surface area contributed by atoms with Crippen molar-refractivity contribution < 1.29 is 14.3 Å². The Bertz CT molecular complexity index is 487. The van der Waals surface area contributed by atoms with Gasteiger partial charge in [0.05, 0.1) is 11.7 Å². The Hall–Kier alpha value is -1.78. The number of rotatable bonds is 4. The number of nitrogens with one attached hydrogen (secondary N) is 2. The van der Waals surface area contributed by atoms with E-state index in [-0.39, 0.29) is 18.1 Å². The number of aromatic amines is 1. The molecule has 0 aliphatic carbocycles. The van der Waals surface area contributed by atoms with E-state index in [0.29, 0.717) is 22.5 Å². The monoisotopic (exact) mass is 266 g/mol. The fourth-order valence-electron chi connectivity index (χ4n) is 1.89. The van der Waals surface area contributed by atoms with E-state index in [4.69, 9.17) is 4.74 Å². The van der Waals surface area contributed by atoms with Gasteiger partial charge in [-0.05, 0) is 47.1 Å². The maximum absolute atomic E-state index is 12.0. The summed E-state index contributed by atoms with van der Waals surface area (Å²) >= 11 is 0. The van der Waals surface area contributed by atoms with Crippen LogP contribution in [0, 0.1) is 13.8 Å². The van der Waals surface area contributed by atoms with Crippen molar-refractivity contribution in [1.82, 2.24) is 10.3 Å². The Balaban J connectivity index is 3.07. The summed E-state index contributed by atoms with van der Waals surface area (Å²) in [5.41, 5.74) is 2.14. The summed E-state index contributed by atoms with van der Waals surface area (Å²) in [5, 5.41) is 2.80. The molecule has 106 valence electrons. The first-order chi connectivity index (χ1) is 8.73. The van der Waals surface area contributed by atoms with Gasteiger partial charge in [0.1, 0.15) is 5.69 Å². The van der Waals surface area contributed by atoms with Crippen LogP contribution in [0.3, 0.4) is 0 Å². The molecule has 19 heavy (non-hydrogen) atoms. The van der Waals surface area contributed by atoms with E-state index in [0.717, 1.165) is 0 Å². The smallest absolute Gasteiger partial charge is 0.340 e. The molecule has 1 heterocycles. The second-order valence-electron chi connectivity index (χ2n) is 5.21. The van der Waals surface area contributed by atoms with Crippen LogP contribution in [-0.2, 0) is 4.74 Å². The highest BCUT2D eigenvalue weighted by atomic mass is 16.5. The van der Waals surface area contributed by atoms with Gasteiger partial charge in [-0.1, -0.05) is 0 Å². The molecule has 0 fully saturated rings. The summed E-state index contributed by atoms with van der Waals surface area (Å²) in [6, 6.07) is 0.0431. The van der Waals surface area contributed by atoms with Gasteiger partial charge in [0.25, 0.3) is 5.91 Å². The van der Waals surface area contributed by atoms with E-state index in [1.165, 1.54) is 0 Å². The van der Waals surface area contributed by atoms with Crippen molar-refractivity contribution >= 4 is 11.9 Å². The molecular weight excluding hydrogens is 244 g/mol. The van der Waals surface area contributed by atoms with Gasteiger partial charge in [-0.15, -0.1) is 0 Å².